The first-order chi connectivity index (χ1) is 6.20. The number of nitrogens with zero attached hydrogens (tertiary/aromatic N) is 1. The molecule has 0 aliphatic carbocycles. The zero-order valence-corrected chi connectivity index (χ0v) is 7.03. The maximum absolute atomic E-state index is 10.8. The molecule has 0 amide bonds. The Kier molecular flexibility index (Phi) is 1.55. The fourth-order valence-corrected chi connectivity index (χ4v) is 1.35. The van der Waals surface area contributed by atoms with Crippen LogP contribution in [0.25, 0.3) is 10.9 Å². The average molecular weight is 176 g/mol. The van der Waals surface area contributed by atoms with E-state index in [2.05, 4.69) is 10.2 Å². The van der Waals surface area contributed by atoms with Gasteiger partial charge in [0.05, 0.1) is 17.3 Å². The second kappa shape index (κ2) is 2.58. The molecule has 66 valence electrons. The van der Waals surface area contributed by atoms with E-state index in [4.69, 9.17) is 5.11 Å². The van der Waals surface area contributed by atoms with E-state index in [1.165, 1.54) is 0 Å². The lowest BCUT2D eigenvalue weighted by Gasteiger charge is -1.98. The van der Waals surface area contributed by atoms with E-state index in [1.54, 1.807) is 18.3 Å². The van der Waals surface area contributed by atoms with Crippen LogP contribution in [0.2, 0.25) is 0 Å². The van der Waals surface area contributed by atoms with Gasteiger partial charge in [-0.3, -0.25) is 5.10 Å². The van der Waals surface area contributed by atoms with Crippen molar-refractivity contribution in [2.45, 2.75) is 6.92 Å². The van der Waals surface area contributed by atoms with Crippen molar-refractivity contribution in [2.24, 2.45) is 0 Å². The Balaban J connectivity index is 2.86. The van der Waals surface area contributed by atoms with Crippen molar-refractivity contribution in [1.82, 2.24) is 10.2 Å². The van der Waals surface area contributed by atoms with Crippen molar-refractivity contribution in [1.29, 1.82) is 0 Å². The lowest BCUT2D eigenvalue weighted by atomic mass is 10.1. The predicted octanol–water partition coefficient (Wildman–Crippen LogP) is 1.57. The van der Waals surface area contributed by atoms with Gasteiger partial charge >= 0.3 is 5.97 Å². The van der Waals surface area contributed by atoms with E-state index in [9.17, 15) is 4.79 Å². The van der Waals surface area contributed by atoms with E-state index in [0.29, 0.717) is 5.52 Å². The third-order valence-corrected chi connectivity index (χ3v) is 2.06. The molecule has 0 bridgehead atoms. The minimum Gasteiger partial charge on any atom is -0.478 e. The molecule has 2 N–H and O–H groups in total. The topological polar surface area (TPSA) is 66.0 Å². The summed E-state index contributed by atoms with van der Waals surface area (Å²) < 4.78 is 0. The van der Waals surface area contributed by atoms with Gasteiger partial charge in [-0.05, 0) is 18.6 Å². The number of rotatable bonds is 1. The summed E-state index contributed by atoms with van der Waals surface area (Å²) >= 11 is 0. The Morgan fingerprint density at radius 3 is 3.00 bits per heavy atom. The molecule has 2 rings (SSSR count). The molecule has 0 aliphatic rings. The van der Waals surface area contributed by atoms with E-state index >= 15 is 0 Å². The SMILES string of the molecule is Cc1ccc(C(=O)O)c2[nH]ncc12. The quantitative estimate of drug-likeness (QED) is 0.693. The van der Waals surface area contributed by atoms with E-state index < -0.39 is 5.97 Å². The van der Waals surface area contributed by atoms with Crippen molar-refractivity contribution < 1.29 is 9.90 Å². The summed E-state index contributed by atoms with van der Waals surface area (Å²) in [5.74, 6) is -0.936. The highest BCUT2D eigenvalue weighted by molar-refractivity contribution is 6.02. The van der Waals surface area contributed by atoms with Gasteiger partial charge in [-0.2, -0.15) is 5.10 Å². The Labute approximate surface area is 74.2 Å². The van der Waals surface area contributed by atoms with Gasteiger partial charge in [0.2, 0.25) is 0 Å². The summed E-state index contributed by atoms with van der Waals surface area (Å²) in [5.41, 5.74) is 1.87. The Morgan fingerprint density at radius 2 is 2.31 bits per heavy atom. The number of hydrogen-bond donors (Lipinski definition) is 2. The van der Waals surface area contributed by atoms with Gasteiger partial charge in [0.15, 0.2) is 0 Å². The molecular formula is C9H8N2O2. The van der Waals surface area contributed by atoms with Crippen LogP contribution >= 0.6 is 0 Å². The fourth-order valence-electron chi connectivity index (χ4n) is 1.35. The number of hydrogen-bond acceptors (Lipinski definition) is 2. The summed E-state index contributed by atoms with van der Waals surface area (Å²) in [7, 11) is 0. The Hall–Kier alpha value is -1.84. The molecular weight excluding hydrogens is 168 g/mol. The Bertz CT molecular complexity index is 473. The van der Waals surface area contributed by atoms with Crippen LogP contribution in [0.15, 0.2) is 18.3 Å². The second-order valence-corrected chi connectivity index (χ2v) is 2.89. The monoisotopic (exact) mass is 176 g/mol. The van der Waals surface area contributed by atoms with Crippen molar-refractivity contribution in [3.63, 3.8) is 0 Å². The Morgan fingerprint density at radius 1 is 1.54 bits per heavy atom. The van der Waals surface area contributed by atoms with Gasteiger partial charge in [-0.1, -0.05) is 6.07 Å². The number of carboxylic acid groups (broad SMARTS) is 1. The highest BCUT2D eigenvalue weighted by Gasteiger charge is 2.10. The van der Waals surface area contributed by atoms with Crippen molar-refractivity contribution in [2.75, 3.05) is 0 Å². The molecule has 4 heteroatoms. The number of fused-ring (bicyclic) bond motifs is 1. The normalized spacial score (nSPS) is 10.5. The van der Waals surface area contributed by atoms with Crippen molar-refractivity contribution in [3.8, 4) is 0 Å². The van der Waals surface area contributed by atoms with Gasteiger partial charge in [-0.25, -0.2) is 4.79 Å². The zero-order chi connectivity index (χ0) is 9.42. The number of aryl methyl sites for hydroxylation is 1. The molecule has 1 heterocycles. The summed E-state index contributed by atoms with van der Waals surface area (Å²) in [6, 6.07) is 3.36. The van der Waals surface area contributed by atoms with Crippen LogP contribution in [0.3, 0.4) is 0 Å². The number of aromatic carboxylic acids is 1. The maximum Gasteiger partial charge on any atom is 0.337 e. The summed E-state index contributed by atoms with van der Waals surface area (Å²) in [4.78, 5) is 10.8. The molecule has 0 spiro atoms. The van der Waals surface area contributed by atoms with Crippen LogP contribution < -0.4 is 0 Å². The molecule has 0 saturated heterocycles. The van der Waals surface area contributed by atoms with Crippen LogP contribution in [-0.2, 0) is 0 Å². The minimum atomic E-state index is -0.936. The van der Waals surface area contributed by atoms with Gasteiger partial charge < -0.3 is 5.11 Å². The molecule has 0 saturated carbocycles. The molecule has 4 nitrogen and oxygen atoms in total. The number of benzene rings is 1. The van der Waals surface area contributed by atoms with Gasteiger partial charge in [-0.15, -0.1) is 0 Å². The number of H-pyrrole nitrogens is 1. The molecule has 0 unspecified atom stereocenters. The van der Waals surface area contributed by atoms with Crippen molar-refractivity contribution in [3.05, 3.63) is 29.5 Å². The first-order valence-electron chi connectivity index (χ1n) is 3.86. The number of nitrogens with one attached hydrogen (secondary N) is 1. The standard InChI is InChI=1S/C9H8N2O2/c1-5-2-3-6(9(12)13)8-7(5)4-10-11-8/h2-4H,1H3,(H,10,11)(H,12,13). The lowest BCUT2D eigenvalue weighted by Crippen LogP contribution is -1.97. The summed E-state index contributed by atoms with van der Waals surface area (Å²) in [6.45, 7) is 1.92. The molecule has 1 aromatic carbocycles. The summed E-state index contributed by atoms with van der Waals surface area (Å²) in [6.07, 6.45) is 1.64. The smallest absolute Gasteiger partial charge is 0.337 e. The highest BCUT2D eigenvalue weighted by atomic mass is 16.4. The van der Waals surface area contributed by atoms with Gasteiger partial charge in [0.25, 0.3) is 0 Å². The third kappa shape index (κ3) is 1.07. The first kappa shape index (κ1) is 7.79. The third-order valence-electron chi connectivity index (χ3n) is 2.06. The highest BCUT2D eigenvalue weighted by Crippen LogP contribution is 2.19. The summed E-state index contributed by atoms with van der Waals surface area (Å²) in [5, 5.41) is 16.2. The fraction of sp³-hybridized carbons (Fsp3) is 0.111. The number of aromatic amines is 1. The van der Waals surface area contributed by atoms with Crippen molar-refractivity contribution >= 4 is 16.9 Å². The van der Waals surface area contributed by atoms with Gasteiger partial charge in [0, 0.05) is 5.39 Å². The van der Waals surface area contributed by atoms with E-state index in [-0.39, 0.29) is 5.56 Å². The van der Waals surface area contributed by atoms with Crippen LogP contribution in [0.1, 0.15) is 15.9 Å². The number of carbonyl (C=O) groups is 1. The maximum atomic E-state index is 10.8. The average Bonchev–Trinajstić information content (AvgIpc) is 2.53. The number of aromatic nitrogens is 2. The lowest BCUT2D eigenvalue weighted by molar-refractivity contribution is 0.0699. The predicted molar refractivity (Wildman–Crippen MR) is 47.8 cm³/mol. The van der Waals surface area contributed by atoms with E-state index in [1.807, 2.05) is 6.92 Å². The van der Waals surface area contributed by atoms with Crippen LogP contribution in [0.5, 0.6) is 0 Å². The van der Waals surface area contributed by atoms with Crippen LogP contribution in [0, 0.1) is 6.92 Å². The van der Waals surface area contributed by atoms with Crippen LogP contribution in [0.4, 0.5) is 0 Å². The minimum absolute atomic E-state index is 0.262. The zero-order valence-electron chi connectivity index (χ0n) is 7.03. The molecule has 0 aliphatic heterocycles. The molecule has 2 aromatic rings. The van der Waals surface area contributed by atoms with E-state index in [0.717, 1.165) is 10.9 Å². The van der Waals surface area contributed by atoms with Gasteiger partial charge in [0.1, 0.15) is 0 Å². The largest absolute Gasteiger partial charge is 0.478 e. The molecule has 0 fully saturated rings. The van der Waals surface area contributed by atoms with Crippen LogP contribution in [-0.4, -0.2) is 21.3 Å². The molecule has 0 radical (unpaired) electrons. The first-order valence-corrected chi connectivity index (χ1v) is 3.86. The molecule has 1 aromatic heterocycles. The molecule has 0 atom stereocenters. The second-order valence-electron chi connectivity index (χ2n) is 2.89. The number of carboxylic acids is 1. The molecule has 13 heavy (non-hydrogen) atoms.